The third kappa shape index (κ3) is 1.35. The van der Waals surface area contributed by atoms with Crippen molar-refractivity contribution in [1.29, 1.82) is 0 Å². The molecule has 0 unspecified atom stereocenters. The van der Waals surface area contributed by atoms with Crippen LogP contribution in [0.25, 0.3) is 10.9 Å². The number of hydrogen-bond acceptors (Lipinski definition) is 0. The van der Waals surface area contributed by atoms with Crippen LogP contribution >= 0.6 is 15.9 Å². The average Bonchev–Trinajstić information content (AvgIpc) is 2.39. The van der Waals surface area contributed by atoms with Gasteiger partial charge in [0, 0.05) is 10.9 Å². The fourth-order valence-electron chi connectivity index (χ4n) is 1.34. The molecule has 0 amide bonds. The lowest BCUT2D eigenvalue weighted by Gasteiger charge is -1.96. The van der Waals surface area contributed by atoms with Crippen molar-refractivity contribution >= 4 is 26.8 Å². The number of rotatable bonds is 1. The summed E-state index contributed by atoms with van der Waals surface area (Å²) in [7, 11) is 0. The van der Waals surface area contributed by atoms with Crippen LogP contribution in [-0.2, 0) is 0 Å². The Morgan fingerprint density at radius 1 is 1.23 bits per heavy atom. The molecule has 0 saturated carbocycles. The largest absolute Gasteiger partial charge is 0.349 e. The molecule has 0 aliphatic rings. The van der Waals surface area contributed by atoms with E-state index in [2.05, 4.69) is 20.9 Å². The first-order valence-electron chi connectivity index (χ1n) is 3.74. The fourth-order valence-corrected chi connectivity index (χ4v) is 1.94. The lowest BCUT2D eigenvalue weighted by atomic mass is 10.2. The van der Waals surface area contributed by atoms with Crippen LogP contribution in [0.2, 0.25) is 0 Å². The number of hydrogen-bond donors (Lipinski definition) is 1. The molecule has 1 aromatic carbocycles. The Bertz CT molecular complexity index is 436. The molecule has 2 rings (SSSR count). The standard InChI is InChI=1S/C9H6BrF2N/c10-8-7(9(11)12)5-3-1-2-4-6(5)13-8/h1-4,9,13H. The van der Waals surface area contributed by atoms with Crippen LogP contribution in [-0.4, -0.2) is 4.98 Å². The van der Waals surface area contributed by atoms with Gasteiger partial charge in [0.05, 0.1) is 10.2 Å². The minimum absolute atomic E-state index is 0.0376. The van der Waals surface area contributed by atoms with Gasteiger partial charge in [-0.3, -0.25) is 0 Å². The Morgan fingerprint density at radius 2 is 1.92 bits per heavy atom. The number of alkyl halides is 2. The molecule has 0 saturated heterocycles. The highest BCUT2D eigenvalue weighted by Crippen LogP contribution is 2.33. The van der Waals surface area contributed by atoms with Crippen molar-refractivity contribution in [2.75, 3.05) is 0 Å². The summed E-state index contributed by atoms with van der Waals surface area (Å²) in [4.78, 5) is 2.85. The van der Waals surface area contributed by atoms with Crippen LogP contribution in [0.1, 0.15) is 12.0 Å². The number of para-hydroxylation sites is 1. The van der Waals surface area contributed by atoms with Gasteiger partial charge in [0.2, 0.25) is 0 Å². The van der Waals surface area contributed by atoms with Crippen LogP contribution in [0.15, 0.2) is 28.9 Å². The number of fused-ring (bicyclic) bond motifs is 1. The maximum Gasteiger partial charge on any atom is 0.267 e. The Balaban J connectivity index is 2.78. The summed E-state index contributed by atoms with van der Waals surface area (Å²) in [6, 6.07) is 7.00. The van der Waals surface area contributed by atoms with Crippen molar-refractivity contribution in [2.45, 2.75) is 6.43 Å². The lowest BCUT2D eigenvalue weighted by molar-refractivity contribution is 0.152. The third-order valence-electron chi connectivity index (χ3n) is 1.92. The summed E-state index contributed by atoms with van der Waals surface area (Å²) >= 11 is 3.07. The van der Waals surface area contributed by atoms with Crippen molar-refractivity contribution < 1.29 is 8.78 Å². The molecule has 1 heterocycles. The van der Waals surface area contributed by atoms with E-state index in [9.17, 15) is 8.78 Å². The fraction of sp³-hybridized carbons (Fsp3) is 0.111. The molecule has 2 aromatic rings. The summed E-state index contributed by atoms with van der Waals surface area (Å²) in [5.41, 5.74) is 0.764. The summed E-state index contributed by atoms with van der Waals surface area (Å²) in [5.74, 6) is 0. The maximum absolute atomic E-state index is 12.5. The van der Waals surface area contributed by atoms with Crippen LogP contribution in [0.3, 0.4) is 0 Å². The quantitative estimate of drug-likeness (QED) is 0.786. The van der Waals surface area contributed by atoms with Crippen molar-refractivity contribution in [2.24, 2.45) is 0 Å². The highest BCUT2D eigenvalue weighted by atomic mass is 79.9. The third-order valence-corrected chi connectivity index (χ3v) is 2.54. The Morgan fingerprint density at radius 3 is 2.62 bits per heavy atom. The zero-order valence-corrected chi connectivity index (χ0v) is 8.11. The first-order valence-corrected chi connectivity index (χ1v) is 4.53. The van der Waals surface area contributed by atoms with E-state index in [1.807, 2.05) is 0 Å². The highest BCUT2D eigenvalue weighted by molar-refractivity contribution is 9.10. The van der Waals surface area contributed by atoms with E-state index >= 15 is 0 Å². The molecule has 0 radical (unpaired) electrons. The van der Waals surface area contributed by atoms with E-state index in [4.69, 9.17) is 0 Å². The molecule has 0 aliphatic heterocycles. The van der Waals surface area contributed by atoms with E-state index < -0.39 is 6.43 Å². The second kappa shape index (κ2) is 3.10. The predicted molar refractivity (Wildman–Crippen MR) is 51.0 cm³/mol. The SMILES string of the molecule is FC(F)c1c(Br)[nH]c2ccccc12. The molecule has 0 spiro atoms. The number of halogens is 3. The highest BCUT2D eigenvalue weighted by Gasteiger charge is 2.17. The molecule has 0 atom stereocenters. The average molecular weight is 246 g/mol. The van der Waals surface area contributed by atoms with Gasteiger partial charge in [-0.15, -0.1) is 0 Å². The number of aromatic amines is 1. The number of H-pyrrole nitrogens is 1. The zero-order valence-electron chi connectivity index (χ0n) is 6.52. The molecule has 1 N–H and O–H groups in total. The van der Waals surface area contributed by atoms with Crippen LogP contribution in [0.4, 0.5) is 8.78 Å². The second-order valence-corrected chi connectivity index (χ2v) is 3.49. The minimum atomic E-state index is -2.45. The Labute approximate surface area is 81.9 Å². The van der Waals surface area contributed by atoms with E-state index in [1.165, 1.54) is 0 Å². The predicted octanol–water partition coefficient (Wildman–Crippen LogP) is 3.87. The number of nitrogens with one attached hydrogen (secondary N) is 1. The molecule has 1 aromatic heterocycles. The first kappa shape index (κ1) is 8.69. The number of benzene rings is 1. The molecule has 1 nitrogen and oxygen atoms in total. The summed E-state index contributed by atoms with van der Waals surface area (Å²) in [6.07, 6.45) is -2.45. The Hall–Kier alpha value is -0.900. The van der Waals surface area contributed by atoms with Gasteiger partial charge in [0.15, 0.2) is 0 Å². The topological polar surface area (TPSA) is 15.8 Å². The molecule has 13 heavy (non-hydrogen) atoms. The van der Waals surface area contributed by atoms with E-state index in [0.29, 0.717) is 9.99 Å². The van der Waals surface area contributed by atoms with Gasteiger partial charge < -0.3 is 4.98 Å². The molecule has 0 fully saturated rings. The zero-order chi connectivity index (χ0) is 9.42. The Kier molecular flexibility index (Phi) is 2.07. The minimum Gasteiger partial charge on any atom is -0.349 e. The summed E-state index contributed by atoms with van der Waals surface area (Å²) in [6.45, 7) is 0. The van der Waals surface area contributed by atoms with Gasteiger partial charge in [-0.2, -0.15) is 0 Å². The summed E-state index contributed by atoms with van der Waals surface area (Å²) < 4.78 is 25.4. The lowest BCUT2D eigenvalue weighted by Crippen LogP contribution is -1.81. The smallest absolute Gasteiger partial charge is 0.267 e. The monoisotopic (exact) mass is 245 g/mol. The van der Waals surface area contributed by atoms with Gasteiger partial charge in [-0.1, -0.05) is 18.2 Å². The van der Waals surface area contributed by atoms with Gasteiger partial charge in [0.25, 0.3) is 6.43 Å². The number of aromatic nitrogens is 1. The molecule has 0 bridgehead atoms. The van der Waals surface area contributed by atoms with Crippen molar-refractivity contribution in [3.05, 3.63) is 34.4 Å². The van der Waals surface area contributed by atoms with Crippen LogP contribution in [0, 0.1) is 0 Å². The van der Waals surface area contributed by atoms with Gasteiger partial charge in [-0.25, -0.2) is 8.78 Å². The van der Waals surface area contributed by atoms with Gasteiger partial charge in [0.1, 0.15) is 0 Å². The van der Waals surface area contributed by atoms with Crippen molar-refractivity contribution in [3.8, 4) is 0 Å². The van der Waals surface area contributed by atoms with Crippen LogP contribution < -0.4 is 0 Å². The van der Waals surface area contributed by atoms with Gasteiger partial charge >= 0.3 is 0 Å². The first-order chi connectivity index (χ1) is 6.20. The normalized spacial score (nSPS) is 11.4. The second-order valence-electron chi connectivity index (χ2n) is 2.70. The van der Waals surface area contributed by atoms with Crippen LogP contribution in [0.5, 0.6) is 0 Å². The molecular weight excluding hydrogens is 240 g/mol. The summed E-state index contributed by atoms with van der Waals surface area (Å²) in [5, 5.41) is 0.573. The van der Waals surface area contributed by atoms with Crippen molar-refractivity contribution in [3.63, 3.8) is 0 Å². The van der Waals surface area contributed by atoms with Gasteiger partial charge in [-0.05, 0) is 22.0 Å². The molecular formula is C9H6BrF2N. The van der Waals surface area contributed by atoms with E-state index in [-0.39, 0.29) is 5.56 Å². The maximum atomic E-state index is 12.5. The molecule has 68 valence electrons. The molecule has 4 heteroatoms. The van der Waals surface area contributed by atoms with E-state index in [0.717, 1.165) is 5.52 Å². The van der Waals surface area contributed by atoms with E-state index in [1.54, 1.807) is 24.3 Å². The molecule has 0 aliphatic carbocycles. The van der Waals surface area contributed by atoms with Crippen molar-refractivity contribution in [1.82, 2.24) is 4.98 Å².